The number of nitrogens with one attached hydrogen (secondary N) is 1. The van der Waals surface area contributed by atoms with Crippen LogP contribution in [0.1, 0.15) is 20.8 Å². The number of rotatable bonds is 6. The highest BCUT2D eigenvalue weighted by Crippen LogP contribution is 2.17. The van der Waals surface area contributed by atoms with E-state index < -0.39 is 23.1 Å². The molecule has 0 aliphatic heterocycles. The summed E-state index contributed by atoms with van der Waals surface area (Å²) in [6, 6.07) is 2.64. The first kappa shape index (κ1) is 15.4. The molecule has 1 aromatic rings. The van der Waals surface area contributed by atoms with Crippen molar-refractivity contribution < 1.29 is 23.4 Å². The van der Waals surface area contributed by atoms with Crippen LogP contribution < -0.4 is 10.1 Å². The van der Waals surface area contributed by atoms with Crippen LogP contribution >= 0.6 is 0 Å². The van der Waals surface area contributed by atoms with Gasteiger partial charge in [-0.05, 0) is 20.8 Å². The van der Waals surface area contributed by atoms with Crippen molar-refractivity contribution in [2.24, 2.45) is 0 Å². The van der Waals surface area contributed by atoms with Gasteiger partial charge in [-0.15, -0.1) is 0 Å². The number of aliphatic carboxylic acids is 1. The van der Waals surface area contributed by atoms with Crippen molar-refractivity contribution in [2.45, 2.75) is 32.4 Å². The highest BCUT2D eigenvalue weighted by Gasteiger charge is 2.34. The maximum Gasteiger partial charge on any atom is 0.327 e. The topological polar surface area (TPSA) is 58.6 Å². The fourth-order valence-corrected chi connectivity index (χ4v) is 1.64. The first-order valence-electron chi connectivity index (χ1n) is 5.83. The van der Waals surface area contributed by atoms with Crippen LogP contribution in [0.3, 0.4) is 0 Å². The Kier molecular flexibility index (Phi) is 4.83. The first-order chi connectivity index (χ1) is 8.73. The van der Waals surface area contributed by atoms with Crippen LogP contribution in [0, 0.1) is 11.6 Å². The van der Waals surface area contributed by atoms with Gasteiger partial charge in [0.2, 0.25) is 0 Å². The van der Waals surface area contributed by atoms with Crippen LogP contribution in [0.2, 0.25) is 0 Å². The van der Waals surface area contributed by atoms with E-state index in [1.807, 2.05) is 0 Å². The van der Waals surface area contributed by atoms with Gasteiger partial charge in [0.1, 0.15) is 29.5 Å². The number of hydrogen-bond donors (Lipinski definition) is 2. The molecule has 1 aromatic carbocycles. The van der Waals surface area contributed by atoms with E-state index in [0.29, 0.717) is 0 Å². The molecule has 0 saturated heterocycles. The summed E-state index contributed by atoms with van der Waals surface area (Å²) in [5, 5.41) is 12.0. The van der Waals surface area contributed by atoms with Gasteiger partial charge in [-0.1, -0.05) is 0 Å². The van der Waals surface area contributed by atoms with Crippen molar-refractivity contribution in [2.75, 3.05) is 6.61 Å². The van der Waals surface area contributed by atoms with Gasteiger partial charge in [0.05, 0.1) is 0 Å². The zero-order valence-electron chi connectivity index (χ0n) is 11.0. The van der Waals surface area contributed by atoms with Crippen LogP contribution in [0.4, 0.5) is 8.78 Å². The van der Waals surface area contributed by atoms with Crippen molar-refractivity contribution in [3.8, 4) is 5.75 Å². The Hall–Kier alpha value is -1.69. The van der Waals surface area contributed by atoms with Crippen LogP contribution in [0.15, 0.2) is 18.2 Å². The minimum Gasteiger partial charge on any atom is -0.491 e. The SMILES string of the molecule is CC(C)NC(C)(COc1cc(F)cc(F)c1)C(=O)O. The molecule has 0 bridgehead atoms. The summed E-state index contributed by atoms with van der Waals surface area (Å²) in [5.74, 6) is -2.69. The summed E-state index contributed by atoms with van der Waals surface area (Å²) in [5.41, 5.74) is -1.34. The standard InChI is InChI=1S/C13H17F2NO3/c1-8(2)16-13(3,12(17)18)7-19-11-5-9(14)4-10(15)6-11/h4-6,8,16H,7H2,1-3H3,(H,17,18). The van der Waals surface area contributed by atoms with Gasteiger partial charge in [0, 0.05) is 24.2 Å². The minimum absolute atomic E-state index is 0.0458. The molecule has 4 nitrogen and oxygen atoms in total. The lowest BCUT2D eigenvalue weighted by molar-refractivity contribution is -0.145. The Morgan fingerprint density at radius 1 is 1.37 bits per heavy atom. The van der Waals surface area contributed by atoms with Crippen molar-refractivity contribution in [3.63, 3.8) is 0 Å². The highest BCUT2D eigenvalue weighted by molar-refractivity contribution is 5.78. The van der Waals surface area contributed by atoms with E-state index in [-0.39, 0.29) is 18.4 Å². The summed E-state index contributed by atoms with van der Waals surface area (Å²) in [4.78, 5) is 11.2. The zero-order valence-corrected chi connectivity index (χ0v) is 11.0. The van der Waals surface area contributed by atoms with Crippen LogP contribution in [0.25, 0.3) is 0 Å². The van der Waals surface area contributed by atoms with Gasteiger partial charge in [0.25, 0.3) is 0 Å². The molecule has 19 heavy (non-hydrogen) atoms. The first-order valence-corrected chi connectivity index (χ1v) is 5.83. The molecule has 0 radical (unpaired) electrons. The van der Waals surface area contributed by atoms with Gasteiger partial charge in [-0.2, -0.15) is 0 Å². The second-order valence-electron chi connectivity index (χ2n) is 4.83. The Bertz CT molecular complexity index is 445. The largest absolute Gasteiger partial charge is 0.491 e. The van der Waals surface area contributed by atoms with Crippen LogP contribution in [-0.4, -0.2) is 29.3 Å². The molecular weight excluding hydrogens is 256 g/mol. The molecule has 0 aliphatic rings. The minimum atomic E-state index is -1.34. The average Bonchev–Trinajstić information content (AvgIpc) is 2.24. The molecule has 0 fully saturated rings. The highest BCUT2D eigenvalue weighted by atomic mass is 19.1. The molecule has 0 saturated carbocycles. The molecule has 2 N–H and O–H groups in total. The summed E-state index contributed by atoms with van der Waals surface area (Å²) in [6.07, 6.45) is 0. The fraction of sp³-hybridized carbons (Fsp3) is 0.462. The number of ether oxygens (including phenoxy) is 1. The van der Waals surface area contributed by atoms with Crippen molar-refractivity contribution in [1.82, 2.24) is 5.32 Å². The quantitative estimate of drug-likeness (QED) is 0.834. The predicted octanol–water partition coefficient (Wildman–Crippen LogP) is 2.18. The maximum atomic E-state index is 13.0. The summed E-state index contributed by atoms with van der Waals surface area (Å²) < 4.78 is 31.1. The van der Waals surface area contributed by atoms with E-state index in [1.165, 1.54) is 6.92 Å². The molecule has 0 amide bonds. The van der Waals surface area contributed by atoms with E-state index in [2.05, 4.69) is 5.32 Å². The lowest BCUT2D eigenvalue weighted by Gasteiger charge is -2.28. The molecule has 0 aromatic heterocycles. The van der Waals surface area contributed by atoms with Gasteiger partial charge in [0.15, 0.2) is 0 Å². The average molecular weight is 273 g/mol. The summed E-state index contributed by atoms with van der Waals surface area (Å²) in [7, 11) is 0. The van der Waals surface area contributed by atoms with Gasteiger partial charge in [-0.3, -0.25) is 10.1 Å². The van der Waals surface area contributed by atoms with Crippen molar-refractivity contribution in [1.29, 1.82) is 0 Å². The second kappa shape index (κ2) is 5.97. The number of carboxylic acid groups (broad SMARTS) is 1. The Labute approximate surface area is 110 Å². The van der Waals surface area contributed by atoms with Gasteiger partial charge < -0.3 is 9.84 Å². The van der Waals surface area contributed by atoms with Crippen LogP contribution in [0.5, 0.6) is 5.75 Å². The second-order valence-corrected chi connectivity index (χ2v) is 4.83. The smallest absolute Gasteiger partial charge is 0.327 e. The third-order valence-corrected chi connectivity index (χ3v) is 2.44. The normalized spacial score (nSPS) is 14.2. The Morgan fingerprint density at radius 2 is 1.89 bits per heavy atom. The molecule has 0 aliphatic carbocycles. The molecule has 6 heteroatoms. The molecular formula is C13H17F2NO3. The Balaban J connectivity index is 2.79. The molecule has 106 valence electrons. The number of benzene rings is 1. The number of carboxylic acids is 1. The summed E-state index contributed by atoms with van der Waals surface area (Å²) >= 11 is 0. The van der Waals surface area contributed by atoms with E-state index in [4.69, 9.17) is 4.74 Å². The van der Waals surface area contributed by atoms with Crippen molar-refractivity contribution in [3.05, 3.63) is 29.8 Å². The van der Waals surface area contributed by atoms with E-state index in [0.717, 1.165) is 18.2 Å². The predicted molar refractivity (Wildman–Crippen MR) is 66.2 cm³/mol. The third-order valence-electron chi connectivity index (χ3n) is 2.44. The maximum absolute atomic E-state index is 13.0. The summed E-state index contributed by atoms with van der Waals surface area (Å²) in [6.45, 7) is 4.79. The van der Waals surface area contributed by atoms with Crippen molar-refractivity contribution >= 4 is 5.97 Å². The molecule has 1 unspecified atom stereocenters. The monoisotopic (exact) mass is 273 g/mol. The zero-order chi connectivity index (χ0) is 14.6. The fourth-order valence-electron chi connectivity index (χ4n) is 1.64. The van der Waals surface area contributed by atoms with E-state index >= 15 is 0 Å². The molecule has 1 rings (SSSR count). The van der Waals surface area contributed by atoms with Gasteiger partial charge in [-0.25, -0.2) is 8.78 Å². The Morgan fingerprint density at radius 3 is 2.32 bits per heavy atom. The molecule has 1 atom stereocenters. The van der Waals surface area contributed by atoms with E-state index in [1.54, 1.807) is 13.8 Å². The third kappa shape index (κ3) is 4.48. The molecule has 0 spiro atoms. The lowest BCUT2D eigenvalue weighted by Crippen LogP contribution is -2.56. The van der Waals surface area contributed by atoms with Gasteiger partial charge >= 0.3 is 5.97 Å². The number of halogens is 2. The molecule has 0 heterocycles. The number of carbonyl (C=O) groups is 1. The number of hydrogen-bond acceptors (Lipinski definition) is 3. The lowest BCUT2D eigenvalue weighted by atomic mass is 10.0. The van der Waals surface area contributed by atoms with Crippen LogP contribution in [-0.2, 0) is 4.79 Å². The van der Waals surface area contributed by atoms with E-state index in [9.17, 15) is 18.7 Å².